The van der Waals surface area contributed by atoms with Crippen LogP contribution in [0.5, 0.6) is 0 Å². The molecule has 3 rings (SSSR count). The summed E-state index contributed by atoms with van der Waals surface area (Å²) in [6.07, 6.45) is 1.63. The zero-order valence-corrected chi connectivity index (χ0v) is 11.3. The van der Waals surface area contributed by atoms with Crippen molar-refractivity contribution in [2.75, 3.05) is 0 Å². The van der Waals surface area contributed by atoms with Crippen LogP contribution in [0.25, 0.3) is 0 Å². The van der Waals surface area contributed by atoms with Crippen LogP contribution in [0, 0.1) is 12.7 Å². The molecule has 0 saturated carbocycles. The van der Waals surface area contributed by atoms with Gasteiger partial charge in [-0.3, -0.25) is 4.79 Å². The van der Waals surface area contributed by atoms with Crippen LogP contribution in [-0.4, -0.2) is 11.9 Å². The Balaban J connectivity index is 1.74. The number of carbonyl (C=O) groups is 1. The first kappa shape index (κ1) is 12.9. The second-order valence-electron chi connectivity index (χ2n) is 5.33. The number of halogens is 1. The molecule has 1 aliphatic rings. The lowest BCUT2D eigenvalue weighted by Gasteiger charge is -2.12. The normalized spacial score (nSPS) is 14.1. The largest absolute Gasteiger partial charge is 0.349 e. The van der Waals surface area contributed by atoms with Gasteiger partial charge < -0.3 is 5.32 Å². The van der Waals surface area contributed by atoms with Gasteiger partial charge in [0.2, 0.25) is 0 Å². The Morgan fingerprint density at radius 2 is 1.80 bits per heavy atom. The number of hydrogen-bond donors (Lipinski definition) is 1. The molecule has 102 valence electrons. The van der Waals surface area contributed by atoms with Crippen LogP contribution in [0.1, 0.15) is 27.0 Å². The molecule has 3 heteroatoms. The van der Waals surface area contributed by atoms with Gasteiger partial charge in [0, 0.05) is 6.04 Å². The SMILES string of the molecule is Cc1ccc(F)c(C(=O)NC2Cc3ccccc3C2)c1. The zero-order chi connectivity index (χ0) is 14.1. The van der Waals surface area contributed by atoms with E-state index in [-0.39, 0.29) is 17.5 Å². The Labute approximate surface area is 117 Å². The number of aryl methyl sites for hydroxylation is 1. The molecule has 1 N–H and O–H groups in total. The number of carbonyl (C=O) groups excluding carboxylic acids is 1. The van der Waals surface area contributed by atoms with Crippen molar-refractivity contribution < 1.29 is 9.18 Å². The van der Waals surface area contributed by atoms with Crippen molar-refractivity contribution in [1.82, 2.24) is 5.32 Å². The number of amides is 1. The number of fused-ring (bicyclic) bond motifs is 1. The molecular formula is C17H16FNO. The van der Waals surface area contributed by atoms with Crippen molar-refractivity contribution in [2.24, 2.45) is 0 Å². The summed E-state index contributed by atoms with van der Waals surface area (Å²) in [5.74, 6) is -0.799. The Morgan fingerprint density at radius 3 is 2.45 bits per heavy atom. The van der Waals surface area contributed by atoms with Crippen LogP contribution in [0.2, 0.25) is 0 Å². The maximum atomic E-state index is 13.7. The molecule has 2 nitrogen and oxygen atoms in total. The van der Waals surface area contributed by atoms with Gasteiger partial charge in [-0.25, -0.2) is 4.39 Å². The van der Waals surface area contributed by atoms with E-state index in [2.05, 4.69) is 17.4 Å². The Bertz CT molecular complexity index is 641. The lowest BCUT2D eigenvalue weighted by molar-refractivity contribution is 0.0934. The number of hydrogen-bond acceptors (Lipinski definition) is 1. The van der Waals surface area contributed by atoms with E-state index in [4.69, 9.17) is 0 Å². The Morgan fingerprint density at radius 1 is 1.15 bits per heavy atom. The zero-order valence-electron chi connectivity index (χ0n) is 11.3. The summed E-state index contributed by atoms with van der Waals surface area (Å²) in [4.78, 5) is 12.2. The average Bonchev–Trinajstić information content (AvgIpc) is 2.83. The minimum atomic E-state index is -0.469. The third-order valence-electron chi connectivity index (χ3n) is 3.75. The fourth-order valence-corrected chi connectivity index (χ4v) is 2.74. The fraction of sp³-hybridized carbons (Fsp3) is 0.235. The molecule has 1 amide bonds. The van der Waals surface area contributed by atoms with Gasteiger partial charge in [-0.05, 0) is 43.0 Å². The highest BCUT2D eigenvalue weighted by Crippen LogP contribution is 2.22. The minimum Gasteiger partial charge on any atom is -0.349 e. The summed E-state index contributed by atoms with van der Waals surface area (Å²) >= 11 is 0. The first-order valence-electron chi connectivity index (χ1n) is 6.77. The topological polar surface area (TPSA) is 29.1 Å². The lowest BCUT2D eigenvalue weighted by Crippen LogP contribution is -2.35. The van der Waals surface area contributed by atoms with Gasteiger partial charge >= 0.3 is 0 Å². The standard InChI is InChI=1S/C17H16FNO/c1-11-6-7-16(18)15(8-11)17(20)19-14-9-12-4-2-3-5-13(12)10-14/h2-8,14H,9-10H2,1H3,(H,19,20). The molecule has 0 aromatic heterocycles. The second-order valence-corrected chi connectivity index (χ2v) is 5.33. The van der Waals surface area contributed by atoms with Gasteiger partial charge in [0.25, 0.3) is 5.91 Å². The van der Waals surface area contributed by atoms with E-state index in [9.17, 15) is 9.18 Å². The molecule has 0 fully saturated rings. The highest BCUT2D eigenvalue weighted by atomic mass is 19.1. The van der Waals surface area contributed by atoms with Crippen LogP contribution in [0.4, 0.5) is 4.39 Å². The molecule has 0 spiro atoms. The maximum Gasteiger partial charge on any atom is 0.254 e. The van der Waals surface area contributed by atoms with Gasteiger partial charge in [-0.2, -0.15) is 0 Å². The van der Waals surface area contributed by atoms with Crippen LogP contribution >= 0.6 is 0 Å². The third kappa shape index (κ3) is 2.44. The quantitative estimate of drug-likeness (QED) is 0.892. The molecule has 1 aliphatic carbocycles. The van der Waals surface area contributed by atoms with E-state index in [1.54, 1.807) is 12.1 Å². The first-order chi connectivity index (χ1) is 9.63. The predicted octanol–water partition coefficient (Wildman–Crippen LogP) is 3.03. The summed E-state index contributed by atoms with van der Waals surface area (Å²) < 4.78 is 13.7. The molecule has 2 aromatic rings. The Hall–Kier alpha value is -2.16. The lowest BCUT2D eigenvalue weighted by atomic mass is 10.1. The second kappa shape index (κ2) is 5.08. The van der Waals surface area contributed by atoms with Gasteiger partial charge in [0.05, 0.1) is 5.56 Å². The molecule has 0 radical (unpaired) electrons. The highest BCUT2D eigenvalue weighted by molar-refractivity contribution is 5.94. The monoisotopic (exact) mass is 269 g/mol. The van der Waals surface area contributed by atoms with Crippen LogP contribution in [-0.2, 0) is 12.8 Å². The molecule has 2 aromatic carbocycles. The number of benzene rings is 2. The van der Waals surface area contributed by atoms with E-state index in [0.29, 0.717) is 0 Å². The van der Waals surface area contributed by atoms with Crippen molar-refractivity contribution in [3.05, 3.63) is 70.5 Å². The van der Waals surface area contributed by atoms with Gasteiger partial charge in [-0.15, -0.1) is 0 Å². The van der Waals surface area contributed by atoms with Gasteiger partial charge in [-0.1, -0.05) is 35.9 Å². The summed E-state index contributed by atoms with van der Waals surface area (Å²) in [6, 6.07) is 12.8. The predicted molar refractivity (Wildman–Crippen MR) is 76.2 cm³/mol. The smallest absolute Gasteiger partial charge is 0.254 e. The number of nitrogens with one attached hydrogen (secondary N) is 1. The molecule has 0 heterocycles. The third-order valence-corrected chi connectivity index (χ3v) is 3.75. The summed E-state index contributed by atoms with van der Waals surface area (Å²) in [5.41, 5.74) is 3.54. The van der Waals surface area contributed by atoms with Crippen LogP contribution in [0.3, 0.4) is 0 Å². The van der Waals surface area contributed by atoms with Gasteiger partial charge in [0.1, 0.15) is 5.82 Å². The van der Waals surface area contributed by atoms with E-state index < -0.39 is 5.82 Å². The molecule has 0 aliphatic heterocycles. The fourth-order valence-electron chi connectivity index (χ4n) is 2.74. The van der Waals surface area contributed by atoms with Gasteiger partial charge in [0.15, 0.2) is 0 Å². The first-order valence-corrected chi connectivity index (χ1v) is 6.77. The summed E-state index contributed by atoms with van der Waals surface area (Å²) in [5, 5.41) is 2.93. The van der Waals surface area contributed by atoms with Crippen molar-refractivity contribution in [2.45, 2.75) is 25.8 Å². The molecule has 0 saturated heterocycles. The number of rotatable bonds is 2. The molecule has 0 atom stereocenters. The van der Waals surface area contributed by atoms with Crippen molar-refractivity contribution in [3.63, 3.8) is 0 Å². The maximum absolute atomic E-state index is 13.7. The molecule has 0 bridgehead atoms. The highest BCUT2D eigenvalue weighted by Gasteiger charge is 2.23. The van der Waals surface area contributed by atoms with Crippen molar-refractivity contribution >= 4 is 5.91 Å². The van der Waals surface area contributed by atoms with E-state index in [0.717, 1.165) is 18.4 Å². The van der Waals surface area contributed by atoms with Crippen molar-refractivity contribution in [1.29, 1.82) is 0 Å². The summed E-state index contributed by atoms with van der Waals surface area (Å²) in [6.45, 7) is 1.85. The molecule has 0 unspecified atom stereocenters. The van der Waals surface area contributed by atoms with E-state index in [1.165, 1.54) is 17.2 Å². The minimum absolute atomic E-state index is 0.0554. The van der Waals surface area contributed by atoms with E-state index in [1.807, 2.05) is 19.1 Å². The Kier molecular flexibility index (Phi) is 3.26. The summed E-state index contributed by atoms with van der Waals surface area (Å²) in [7, 11) is 0. The van der Waals surface area contributed by atoms with E-state index >= 15 is 0 Å². The average molecular weight is 269 g/mol. The molecular weight excluding hydrogens is 253 g/mol. The van der Waals surface area contributed by atoms with Crippen molar-refractivity contribution in [3.8, 4) is 0 Å². The van der Waals surface area contributed by atoms with Crippen LogP contribution in [0.15, 0.2) is 42.5 Å². The molecule has 20 heavy (non-hydrogen) atoms. The van der Waals surface area contributed by atoms with Crippen LogP contribution < -0.4 is 5.32 Å².